The Bertz CT molecular complexity index is 582. The highest BCUT2D eigenvalue weighted by atomic mass is 16.5. The lowest BCUT2D eigenvalue weighted by molar-refractivity contribution is 0.415. The lowest BCUT2D eigenvalue weighted by atomic mass is 9.75. The van der Waals surface area contributed by atoms with E-state index in [9.17, 15) is 0 Å². The van der Waals surface area contributed by atoms with Gasteiger partial charge >= 0.3 is 0 Å². The van der Waals surface area contributed by atoms with Gasteiger partial charge in [0.05, 0.1) is 0 Å². The summed E-state index contributed by atoms with van der Waals surface area (Å²) in [6.45, 7) is 6.61. The Kier molecular flexibility index (Phi) is 2.06. The maximum absolute atomic E-state index is 6.04. The molecule has 0 atom stereocenters. The van der Waals surface area contributed by atoms with Crippen molar-refractivity contribution >= 4 is 0 Å². The monoisotopic (exact) mass is 224 g/mol. The molecule has 0 saturated carbocycles. The molecule has 1 heterocycles. The zero-order chi connectivity index (χ0) is 12.0. The standard InChI is InChI=1S/C16H16O/c1-11-7-6-9-13-15(11)17-14-10-5-4-8-12(14)16(13,2)3/h4-10H,1-3H3. The zero-order valence-corrected chi connectivity index (χ0v) is 10.4. The van der Waals surface area contributed by atoms with Gasteiger partial charge in [0.1, 0.15) is 11.5 Å². The van der Waals surface area contributed by atoms with Gasteiger partial charge in [-0.15, -0.1) is 0 Å². The lowest BCUT2D eigenvalue weighted by Gasteiger charge is -2.35. The predicted molar refractivity (Wildman–Crippen MR) is 69.8 cm³/mol. The Morgan fingerprint density at radius 3 is 2.41 bits per heavy atom. The van der Waals surface area contributed by atoms with Crippen LogP contribution < -0.4 is 4.74 Å². The van der Waals surface area contributed by atoms with Crippen LogP contribution in [0.25, 0.3) is 0 Å². The number of para-hydroxylation sites is 2. The molecule has 0 N–H and O–H groups in total. The van der Waals surface area contributed by atoms with Crippen LogP contribution in [0.15, 0.2) is 42.5 Å². The number of hydrogen-bond donors (Lipinski definition) is 0. The Labute approximate surface area is 102 Å². The summed E-state index contributed by atoms with van der Waals surface area (Å²) in [5.74, 6) is 2.01. The smallest absolute Gasteiger partial charge is 0.134 e. The summed E-state index contributed by atoms with van der Waals surface area (Å²) in [6, 6.07) is 14.7. The van der Waals surface area contributed by atoms with E-state index in [1.54, 1.807) is 0 Å². The molecule has 1 aliphatic heterocycles. The van der Waals surface area contributed by atoms with Crippen LogP contribution in [0.4, 0.5) is 0 Å². The van der Waals surface area contributed by atoms with E-state index >= 15 is 0 Å². The third-order valence-electron chi connectivity index (χ3n) is 3.66. The first kappa shape index (κ1) is 10.4. The van der Waals surface area contributed by atoms with Crippen molar-refractivity contribution in [2.75, 3.05) is 0 Å². The Balaban J connectivity index is 2.31. The van der Waals surface area contributed by atoms with Gasteiger partial charge in [-0.05, 0) is 18.6 Å². The van der Waals surface area contributed by atoms with E-state index in [0.717, 1.165) is 11.5 Å². The van der Waals surface area contributed by atoms with Crippen molar-refractivity contribution in [2.45, 2.75) is 26.2 Å². The summed E-state index contributed by atoms with van der Waals surface area (Å²) in [5.41, 5.74) is 3.75. The zero-order valence-electron chi connectivity index (χ0n) is 10.4. The van der Waals surface area contributed by atoms with Crippen LogP contribution in [0.2, 0.25) is 0 Å². The second-order valence-corrected chi connectivity index (χ2v) is 5.17. The molecule has 0 radical (unpaired) electrons. The maximum atomic E-state index is 6.04. The van der Waals surface area contributed by atoms with Crippen molar-refractivity contribution in [1.82, 2.24) is 0 Å². The van der Waals surface area contributed by atoms with Gasteiger partial charge in [-0.2, -0.15) is 0 Å². The van der Waals surface area contributed by atoms with E-state index < -0.39 is 0 Å². The molecule has 0 aliphatic carbocycles. The predicted octanol–water partition coefficient (Wildman–Crippen LogP) is 4.43. The summed E-state index contributed by atoms with van der Waals surface area (Å²) in [4.78, 5) is 0. The molecule has 1 heteroatoms. The van der Waals surface area contributed by atoms with E-state index in [1.807, 2.05) is 12.1 Å². The molecule has 1 nitrogen and oxygen atoms in total. The molecule has 86 valence electrons. The van der Waals surface area contributed by atoms with E-state index in [-0.39, 0.29) is 5.41 Å². The molecule has 0 amide bonds. The Morgan fingerprint density at radius 2 is 1.59 bits per heavy atom. The van der Waals surface area contributed by atoms with Crippen LogP contribution >= 0.6 is 0 Å². The van der Waals surface area contributed by atoms with E-state index in [1.165, 1.54) is 16.7 Å². The Morgan fingerprint density at radius 1 is 0.882 bits per heavy atom. The van der Waals surface area contributed by atoms with Crippen molar-refractivity contribution < 1.29 is 4.74 Å². The summed E-state index contributed by atoms with van der Waals surface area (Å²) in [6.07, 6.45) is 0. The topological polar surface area (TPSA) is 9.23 Å². The van der Waals surface area contributed by atoms with Gasteiger partial charge in [-0.1, -0.05) is 50.2 Å². The van der Waals surface area contributed by atoms with Crippen LogP contribution in [-0.2, 0) is 5.41 Å². The minimum absolute atomic E-state index is 0.0101. The largest absolute Gasteiger partial charge is 0.456 e. The third kappa shape index (κ3) is 1.39. The van der Waals surface area contributed by atoms with Gasteiger partial charge in [0.15, 0.2) is 0 Å². The number of rotatable bonds is 0. The average molecular weight is 224 g/mol. The number of ether oxygens (including phenoxy) is 1. The summed E-state index contributed by atoms with van der Waals surface area (Å²) >= 11 is 0. The van der Waals surface area contributed by atoms with E-state index in [2.05, 4.69) is 51.1 Å². The first-order valence-electron chi connectivity index (χ1n) is 5.98. The molecular weight excluding hydrogens is 208 g/mol. The molecule has 2 aromatic carbocycles. The molecule has 0 spiro atoms. The molecular formula is C16H16O. The molecule has 1 aliphatic rings. The highest BCUT2D eigenvalue weighted by Crippen LogP contribution is 2.48. The fraction of sp³-hybridized carbons (Fsp3) is 0.250. The molecule has 3 rings (SSSR count). The number of aryl methyl sites for hydroxylation is 1. The first-order valence-corrected chi connectivity index (χ1v) is 5.98. The fourth-order valence-corrected chi connectivity index (χ4v) is 2.61. The molecule has 17 heavy (non-hydrogen) atoms. The van der Waals surface area contributed by atoms with Crippen LogP contribution in [0.5, 0.6) is 11.5 Å². The average Bonchev–Trinajstić information content (AvgIpc) is 2.31. The molecule has 0 unspecified atom stereocenters. The number of hydrogen-bond acceptors (Lipinski definition) is 1. The highest BCUT2D eigenvalue weighted by molar-refractivity contribution is 5.58. The second kappa shape index (κ2) is 3.36. The Hall–Kier alpha value is -1.76. The molecule has 2 aromatic rings. The maximum Gasteiger partial charge on any atom is 0.134 e. The van der Waals surface area contributed by atoms with Gasteiger partial charge in [0.25, 0.3) is 0 Å². The van der Waals surface area contributed by atoms with Crippen LogP contribution in [0.1, 0.15) is 30.5 Å². The third-order valence-corrected chi connectivity index (χ3v) is 3.66. The first-order chi connectivity index (χ1) is 8.10. The van der Waals surface area contributed by atoms with Crippen molar-refractivity contribution in [1.29, 1.82) is 0 Å². The van der Waals surface area contributed by atoms with Gasteiger partial charge in [0.2, 0.25) is 0 Å². The SMILES string of the molecule is Cc1cccc2c1Oc1ccccc1C2(C)C. The fourth-order valence-electron chi connectivity index (χ4n) is 2.61. The van der Waals surface area contributed by atoms with E-state index in [4.69, 9.17) is 4.74 Å². The van der Waals surface area contributed by atoms with Crippen LogP contribution in [0, 0.1) is 6.92 Å². The number of fused-ring (bicyclic) bond motifs is 2. The van der Waals surface area contributed by atoms with Crippen LogP contribution in [0.3, 0.4) is 0 Å². The van der Waals surface area contributed by atoms with Crippen molar-refractivity contribution in [3.8, 4) is 11.5 Å². The van der Waals surface area contributed by atoms with Crippen molar-refractivity contribution in [3.63, 3.8) is 0 Å². The van der Waals surface area contributed by atoms with E-state index in [0.29, 0.717) is 0 Å². The quantitative estimate of drug-likeness (QED) is 0.643. The molecule has 0 saturated heterocycles. The lowest BCUT2D eigenvalue weighted by Crippen LogP contribution is -2.24. The second-order valence-electron chi connectivity index (χ2n) is 5.17. The van der Waals surface area contributed by atoms with Crippen LogP contribution in [-0.4, -0.2) is 0 Å². The molecule has 0 bridgehead atoms. The highest BCUT2D eigenvalue weighted by Gasteiger charge is 2.34. The molecule has 0 fully saturated rings. The number of benzene rings is 2. The van der Waals surface area contributed by atoms with Crippen molar-refractivity contribution in [3.05, 3.63) is 59.2 Å². The molecule has 0 aromatic heterocycles. The summed E-state index contributed by atoms with van der Waals surface area (Å²) < 4.78 is 6.04. The van der Waals surface area contributed by atoms with Gasteiger partial charge in [0, 0.05) is 16.5 Å². The van der Waals surface area contributed by atoms with Gasteiger partial charge in [-0.3, -0.25) is 0 Å². The van der Waals surface area contributed by atoms with Crippen molar-refractivity contribution in [2.24, 2.45) is 0 Å². The minimum atomic E-state index is 0.0101. The minimum Gasteiger partial charge on any atom is -0.456 e. The summed E-state index contributed by atoms with van der Waals surface area (Å²) in [7, 11) is 0. The normalized spacial score (nSPS) is 15.7. The summed E-state index contributed by atoms with van der Waals surface area (Å²) in [5, 5.41) is 0. The van der Waals surface area contributed by atoms with Gasteiger partial charge < -0.3 is 4.74 Å². The van der Waals surface area contributed by atoms with Gasteiger partial charge in [-0.25, -0.2) is 0 Å².